The van der Waals surface area contributed by atoms with Crippen molar-refractivity contribution in [2.24, 2.45) is 0 Å². The highest BCUT2D eigenvalue weighted by atomic mass is 16.5. The van der Waals surface area contributed by atoms with Gasteiger partial charge in [0.15, 0.2) is 5.76 Å². The first-order valence-corrected chi connectivity index (χ1v) is 6.75. The summed E-state index contributed by atoms with van der Waals surface area (Å²) in [5.41, 5.74) is 0.901. The predicted octanol–water partition coefficient (Wildman–Crippen LogP) is 1.85. The molecule has 0 unspecified atom stereocenters. The first-order valence-electron chi connectivity index (χ1n) is 6.75. The minimum atomic E-state index is -0.949. The highest BCUT2D eigenvalue weighted by molar-refractivity contribution is 5.74. The molecule has 0 atom stereocenters. The first kappa shape index (κ1) is 16.0. The van der Waals surface area contributed by atoms with Gasteiger partial charge in [-0.1, -0.05) is 19.0 Å². The van der Waals surface area contributed by atoms with Crippen LogP contribution >= 0.6 is 0 Å². The zero-order valence-electron chi connectivity index (χ0n) is 11.8. The molecule has 1 aromatic rings. The number of hydrogen-bond acceptors (Lipinski definition) is 4. The lowest BCUT2D eigenvalue weighted by Gasteiger charge is -2.06. The molecule has 7 heteroatoms. The van der Waals surface area contributed by atoms with Crippen LogP contribution in [-0.4, -0.2) is 28.8 Å². The van der Waals surface area contributed by atoms with E-state index in [9.17, 15) is 9.59 Å². The van der Waals surface area contributed by atoms with Crippen molar-refractivity contribution in [2.75, 3.05) is 6.54 Å². The van der Waals surface area contributed by atoms with Crippen LogP contribution in [0.2, 0.25) is 0 Å². The summed E-state index contributed by atoms with van der Waals surface area (Å²) in [6, 6.07) is 1.42. The average Bonchev–Trinajstić information content (AvgIpc) is 2.86. The molecule has 0 bridgehead atoms. The minimum Gasteiger partial charge on any atom is -0.481 e. The normalized spacial score (nSPS) is 10.6. The van der Waals surface area contributed by atoms with E-state index in [0.29, 0.717) is 11.7 Å². The fourth-order valence-electron chi connectivity index (χ4n) is 1.82. The van der Waals surface area contributed by atoms with Crippen molar-refractivity contribution < 1.29 is 19.2 Å². The van der Waals surface area contributed by atoms with Gasteiger partial charge in [0.1, 0.15) is 0 Å². The maximum Gasteiger partial charge on any atom is 0.315 e. The topological polar surface area (TPSA) is 104 Å². The number of carbonyl (C=O) groups is 2. The van der Waals surface area contributed by atoms with Crippen LogP contribution in [0.15, 0.2) is 10.6 Å². The van der Waals surface area contributed by atoms with Gasteiger partial charge in [-0.3, -0.25) is 4.79 Å². The summed E-state index contributed by atoms with van der Waals surface area (Å²) >= 11 is 0. The molecule has 20 heavy (non-hydrogen) atoms. The second-order valence-corrected chi connectivity index (χ2v) is 4.48. The van der Waals surface area contributed by atoms with Crippen LogP contribution in [0.3, 0.4) is 0 Å². The summed E-state index contributed by atoms with van der Waals surface area (Å²) in [7, 11) is 0. The van der Waals surface area contributed by atoms with Crippen molar-refractivity contribution in [3.8, 4) is 0 Å². The summed E-state index contributed by atoms with van der Waals surface area (Å²) in [5, 5.41) is 17.5. The Hall–Kier alpha value is -2.05. The Morgan fingerprint density at radius 3 is 2.65 bits per heavy atom. The van der Waals surface area contributed by atoms with Crippen LogP contribution < -0.4 is 10.6 Å². The molecule has 3 N–H and O–H groups in total. The van der Waals surface area contributed by atoms with Crippen molar-refractivity contribution >= 4 is 12.0 Å². The summed E-state index contributed by atoms with van der Waals surface area (Å²) in [6.45, 7) is 4.51. The van der Waals surface area contributed by atoms with Gasteiger partial charge >= 0.3 is 12.0 Å². The second kappa shape index (κ2) is 8.19. The van der Waals surface area contributed by atoms with Crippen LogP contribution in [0, 0.1) is 0 Å². The van der Waals surface area contributed by atoms with Crippen molar-refractivity contribution in [1.82, 2.24) is 15.8 Å². The van der Waals surface area contributed by atoms with E-state index in [-0.39, 0.29) is 19.5 Å². The largest absolute Gasteiger partial charge is 0.481 e. The van der Waals surface area contributed by atoms with Crippen molar-refractivity contribution in [2.45, 2.75) is 45.6 Å². The lowest BCUT2D eigenvalue weighted by atomic mass is 9.99. The van der Waals surface area contributed by atoms with Gasteiger partial charge in [0, 0.05) is 18.5 Å². The van der Waals surface area contributed by atoms with Gasteiger partial charge in [-0.2, -0.15) is 0 Å². The summed E-state index contributed by atoms with van der Waals surface area (Å²) in [6.07, 6.45) is 1.88. The minimum absolute atomic E-state index is 0.0938. The molecule has 0 fully saturated rings. The molecule has 0 saturated heterocycles. The zero-order valence-corrected chi connectivity index (χ0v) is 11.8. The number of hydrogen-bond donors (Lipinski definition) is 3. The zero-order chi connectivity index (χ0) is 15.0. The number of urea groups is 1. The number of aromatic nitrogens is 1. The quantitative estimate of drug-likeness (QED) is 0.675. The molecule has 7 nitrogen and oxygen atoms in total. The number of carboxylic acids is 1. The first-order chi connectivity index (χ1) is 9.56. The molecule has 0 spiro atoms. The Kier molecular flexibility index (Phi) is 6.55. The molecule has 2 amide bonds. The third-order valence-corrected chi connectivity index (χ3v) is 3.03. The number of rotatable bonds is 8. The van der Waals surface area contributed by atoms with Gasteiger partial charge in [0.05, 0.1) is 18.7 Å². The summed E-state index contributed by atoms with van der Waals surface area (Å²) in [5.74, 6) is 0.00697. The van der Waals surface area contributed by atoms with Crippen LogP contribution in [-0.2, 0) is 11.3 Å². The Bertz CT molecular complexity index is 441. The molecule has 0 aliphatic rings. The van der Waals surface area contributed by atoms with Crippen LogP contribution in [0.5, 0.6) is 0 Å². The fraction of sp³-hybridized carbons (Fsp3) is 0.615. The maximum atomic E-state index is 11.4. The number of carboxylic acid groups (broad SMARTS) is 1. The summed E-state index contributed by atoms with van der Waals surface area (Å²) < 4.78 is 5.16. The maximum absolute atomic E-state index is 11.4. The monoisotopic (exact) mass is 283 g/mol. The third kappa shape index (κ3) is 5.29. The fourth-order valence-corrected chi connectivity index (χ4v) is 1.82. The second-order valence-electron chi connectivity index (χ2n) is 4.48. The van der Waals surface area contributed by atoms with E-state index in [0.717, 1.165) is 18.5 Å². The Morgan fingerprint density at radius 2 is 2.05 bits per heavy atom. The highest BCUT2D eigenvalue weighted by Crippen LogP contribution is 2.22. The molecule has 1 heterocycles. The lowest BCUT2D eigenvalue weighted by molar-refractivity contribution is -0.136. The molecule has 0 radical (unpaired) electrons. The molecule has 1 aromatic heterocycles. The van der Waals surface area contributed by atoms with Crippen molar-refractivity contribution in [1.29, 1.82) is 0 Å². The predicted molar refractivity (Wildman–Crippen MR) is 72.3 cm³/mol. The Labute approximate surface area is 117 Å². The van der Waals surface area contributed by atoms with Gasteiger partial charge in [0.25, 0.3) is 0 Å². The van der Waals surface area contributed by atoms with Crippen molar-refractivity contribution in [3.05, 3.63) is 17.5 Å². The average molecular weight is 283 g/mol. The van der Waals surface area contributed by atoms with Crippen LogP contribution in [0.25, 0.3) is 0 Å². The molecule has 0 saturated carbocycles. The standard InChI is InChI=1S/C13H21N3O4/c1-3-9(4-2)11-7-10(20-16-11)8-15-13(19)14-6-5-12(17)18/h7,9H,3-6,8H2,1-2H3,(H,17,18)(H2,14,15,19). The van der Waals surface area contributed by atoms with Crippen LogP contribution in [0.4, 0.5) is 4.79 Å². The molecule has 112 valence electrons. The van der Waals surface area contributed by atoms with E-state index in [1.807, 2.05) is 6.07 Å². The smallest absolute Gasteiger partial charge is 0.315 e. The number of carbonyl (C=O) groups excluding carboxylic acids is 1. The van der Waals surface area contributed by atoms with E-state index in [1.54, 1.807) is 0 Å². The van der Waals surface area contributed by atoms with E-state index < -0.39 is 12.0 Å². The molecular weight excluding hydrogens is 262 g/mol. The van der Waals surface area contributed by atoms with Gasteiger partial charge in [0.2, 0.25) is 0 Å². The van der Waals surface area contributed by atoms with Gasteiger partial charge in [-0.25, -0.2) is 4.79 Å². The molecule has 1 rings (SSSR count). The van der Waals surface area contributed by atoms with Crippen molar-refractivity contribution in [3.63, 3.8) is 0 Å². The molecular formula is C13H21N3O4. The summed E-state index contributed by atoms with van der Waals surface area (Å²) in [4.78, 5) is 21.7. The number of aliphatic carboxylic acids is 1. The lowest BCUT2D eigenvalue weighted by Crippen LogP contribution is -2.36. The number of nitrogens with zero attached hydrogens (tertiary/aromatic N) is 1. The van der Waals surface area contributed by atoms with Crippen LogP contribution in [0.1, 0.15) is 50.5 Å². The highest BCUT2D eigenvalue weighted by Gasteiger charge is 2.13. The van der Waals surface area contributed by atoms with Gasteiger partial charge in [-0.15, -0.1) is 0 Å². The molecule has 0 aliphatic carbocycles. The van der Waals surface area contributed by atoms with E-state index in [1.165, 1.54) is 0 Å². The van der Waals surface area contributed by atoms with E-state index in [2.05, 4.69) is 29.6 Å². The molecule has 0 aromatic carbocycles. The molecule has 0 aliphatic heterocycles. The Balaban J connectivity index is 2.34. The number of nitrogens with one attached hydrogen (secondary N) is 2. The van der Waals surface area contributed by atoms with Gasteiger partial charge < -0.3 is 20.3 Å². The number of amides is 2. The van der Waals surface area contributed by atoms with E-state index in [4.69, 9.17) is 9.63 Å². The van der Waals surface area contributed by atoms with E-state index >= 15 is 0 Å². The SMILES string of the molecule is CCC(CC)c1cc(CNC(=O)NCCC(=O)O)on1. The third-order valence-electron chi connectivity index (χ3n) is 3.03. The van der Waals surface area contributed by atoms with Gasteiger partial charge in [-0.05, 0) is 12.8 Å². The Morgan fingerprint density at radius 1 is 1.35 bits per heavy atom.